The van der Waals surface area contributed by atoms with E-state index in [4.69, 9.17) is 9.15 Å². The molecule has 0 bridgehead atoms. The third kappa shape index (κ3) is 2.20. The zero-order chi connectivity index (χ0) is 13.1. The average Bonchev–Trinajstić information content (AvgIpc) is 3.02. The van der Waals surface area contributed by atoms with Crippen molar-refractivity contribution in [2.24, 2.45) is 0 Å². The summed E-state index contributed by atoms with van der Waals surface area (Å²) in [6, 6.07) is 13.8. The van der Waals surface area contributed by atoms with Crippen LogP contribution in [0.15, 0.2) is 53.1 Å². The van der Waals surface area contributed by atoms with E-state index in [1.807, 2.05) is 30.3 Å². The number of aliphatic hydroxyl groups excluding tert-OH is 1. The van der Waals surface area contributed by atoms with Gasteiger partial charge in [0.15, 0.2) is 0 Å². The molecule has 3 heteroatoms. The zero-order valence-electron chi connectivity index (χ0n) is 10.8. The molecule has 1 N–H and O–H groups in total. The van der Waals surface area contributed by atoms with E-state index in [-0.39, 0.29) is 5.41 Å². The van der Waals surface area contributed by atoms with Crippen molar-refractivity contribution < 1.29 is 14.3 Å². The molecule has 1 saturated heterocycles. The maximum Gasteiger partial charge on any atom is 0.133 e. The summed E-state index contributed by atoms with van der Waals surface area (Å²) in [5.41, 5.74) is 0.847. The van der Waals surface area contributed by atoms with Gasteiger partial charge in [-0.15, -0.1) is 0 Å². The second-order valence-corrected chi connectivity index (χ2v) is 5.05. The lowest BCUT2D eigenvalue weighted by atomic mass is 9.69. The number of benzene rings is 1. The molecule has 2 heterocycles. The fraction of sp³-hybridized carbons (Fsp3) is 0.375. The van der Waals surface area contributed by atoms with Crippen molar-refractivity contribution in [1.82, 2.24) is 0 Å². The molecule has 0 spiro atoms. The highest BCUT2D eigenvalue weighted by Gasteiger charge is 2.43. The molecular weight excluding hydrogens is 240 g/mol. The summed E-state index contributed by atoms with van der Waals surface area (Å²) < 4.78 is 10.9. The van der Waals surface area contributed by atoms with Crippen LogP contribution >= 0.6 is 0 Å². The van der Waals surface area contributed by atoms with Crippen LogP contribution in [0.1, 0.15) is 30.3 Å². The molecule has 1 aliphatic heterocycles. The summed E-state index contributed by atoms with van der Waals surface area (Å²) in [6.45, 7) is 1.35. The molecule has 3 nitrogen and oxygen atoms in total. The first-order valence-electron chi connectivity index (χ1n) is 6.68. The Morgan fingerprint density at radius 2 is 1.74 bits per heavy atom. The monoisotopic (exact) mass is 258 g/mol. The number of furan rings is 1. The Morgan fingerprint density at radius 1 is 1.00 bits per heavy atom. The molecule has 100 valence electrons. The lowest BCUT2D eigenvalue weighted by molar-refractivity contribution is -0.0252. The fourth-order valence-corrected chi connectivity index (χ4v) is 2.94. The molecule has 3 rings (SSSR count). The molecule has 1 fully saturated rings. The summed E-state index contributed by atoms with van der Waals surface area (Å²) in [4.78, 5) is 0. The van der Waals surface area contributed by atoms with E-state index < -0.39 is 6.10 Å². The van der Waals surface area contributed by atoms with E-state index in [0.717, 1.165) is 18.4 Å². The van der Waals surface area contributed by atoms with Crippen molar-refractivity contribution in [1.29, 1.82) is 0 Å². The smallest absolute Gasteiger partial charge is 0.133 e. The average molecular weight is 258 g/mol. The Labute approximate surface area is 112 Å². The summed E-state index contributed by atoms with van der Waals surface area (Å²) in [6.07, 6.45) is 2.59. The number of hydrogen-bond donors (Lipinski definition) is 1. The molecule has 0 radical (unpaired) electrons. The maximum atomic E-state index is 10.8. The second-order valence-electron chi connectivity index (χ2n) is 5.05. The van der Waals surface area contributed by atoms with Crippen molar-refractivity contribution in [2.45, 2.75) is 24.4 Å². The van der Waals surface area contributed by atoms with Gasteiger partial charge in [0.2, 0.25) is 0 Å². The first-order chi connectivity index (χ1) is 9.33. The molecule has 1 aromatic heterocycles. The Hall–Kier alpha value is -1.58. The minimum Gasteiger partial charge on any atom is -0.467 e. The van der Waals surface area contributed by atoms with Crippen molar-refractivity contribution in [3.63, 3.8) is 0 Å². The van der Waals surface area contributed by atoms with Crippen molar-refractivity contribution >= 4 is 0 Å². The lowest BCUT2D eigenvalue weighted by Crippen LogP contribution is -2.39. The minimum atomic E-state index is -0.631. The third-order valence-corrected chi connectivity index (χ3v) is 4.07. The van der Waals surface area contributed by atoms with Gasteiger partial charge < -0.3 is 14.3 Å². The van der Waals surface area contributed by atoms with Gasteiger partial charge in [0, 0.05) is 18.6 Å². The normalized spacial score (nSPS) is 20.1. The summed E-state index contributed by atoms with van der Waals surface area (Å²) >= 11 is 0. The van der Waals surface area contributed by atoms with E-state index >= 15 is 0 Å². The SMILES string of the molecule is OC(c1ccco1)C1(c2ccccc2)CCOCC1. The van der Waals surface area contributed by atoms with E-state index in [1.54, 1.807) is 6.26 Å². The first kappa shape index (κ1) is 12.5. The molecule has 1 aromatic carbocycles. The van der Waals surface area contributed by atoms with E-state index in [2.05, 4.69) is 12.1 Å². The summed E-state index contributed by atoms with van der Waals surface area (Å²) in [7, 11) is 0. The van der Waals surface area contributed by atoms with Gasteiger partial charge in [-0.1, -0.05) is 30.3 Å². The van der Waals surface area contributed by atoms with Gasteiger partial charge in [0.05, 0.1) is 6.26 Å². The molecule has 1 unspecified atom stereocenters. The van der Waals surface area contributed by atoms with Crippen LogP contribution in [0, 0.1) is 0 Å². The van der Waals surface area contributed by atoms with Crippen molar-refractivity contribution in [2.75, 3.05) is 13.2 Å². The Balaban J connectivity index is 2.02. The van der Waals surface area contributed by atoms with Gasteiger partial charge >= 0.3 is 0 Å². The van der Waals surface area contributed by atoms with Crippen LogP contribution in [0.25, 0.3) is 0 Å². The van der Waals surface area contributed by atoms with Gasteiger partial charge in [0.1, 0.15) is 11.9 Å². The third-order valence-electron chi connectivity index (χ3n) is 4.07. The summed E-state index contributed by atoms with van der Waals surface area (Å²) in [5, 5.41) is 10.8. The van der Waals surface area contributed by atoms with Crippen LogP contribution < -0.4 is 0 Å². The highest BCUT2D eigenvalue weighted by atomic mass is 16.5. The molecule has 0 amide bonds. The quantitative estimate of drug-likeness (QED) is 0.920. The van der Waals surface area contributed by atoms with Gasteiger partial charge in [0.25, 0.3) is 0 Å². The van der Waals surface area contributed by atoms with E-state index in [0.29, 0.717) is 19.0 Å². The maximum absolute atomic E-state index is 10.8. The number of ether oxygens (including phenoxy) is 1. The topological polar surface area (TPSA) is 42.6 Å². The van der Waals surface area contributed by atoms with Gasteiger partial charge in [-0.25, -0.2) is 0 Å². The molecule has 1 atom stereocenters. The fourth-order valence-electron chi connectivity index (χ4n) is 2.94. The van der Waals surface area contributed by atoms with Crippen LogP contribution in [0.5, 0.6) is 0 Å². The van der Waals surface area contributed by atoms with Gasteiger partial charge in [-0.2, -0.15) is 0 Å². The highest BCUT2D eigenvalue weighted by Crippen LogP contribution is 2.45. The molecule has 19 heavy (non-hydrogen) atoms. The first-order valence-corrected chi connectivity index (χ1v) is 6.68. The minimum absolute atomic E-state index is 0.308. The Kier molecular flexibility index (Phi) is 3.40. The van der Waals surface area contributed by atoms with Crippen LogP contribution in [-0.2, 0) is 10.2 Å². The second kappa shape index (κ2) is 5.19. The van der Waals surface area contributed by atoms with Crippen molar-refractivity contribution in [3.05, 3.63) is 60.1 Å². The highest BCUT2D eigenvalue weighted by molar-refractivity contribution is 5.30. The van der Waals surface area contributed by atoms with Crippen LogP contribution in [0.3, 0.4) is 0 Å². The van der Waals surface area contributed by atoms with E-state index in [9.17, 15) is 5.11 Å². The Bertz CT molecular complexity index is 498. The number of hydrogen-bond acceptors (Lipinski definition) is 3. The van der Waals surface area contributed by atoms with E-state index in [1.165, 1.54) is 0 Å². The van der Waals surface area contributed by atoms with Crippen LogP contribution in [-0.4, -0.2) is 18.3 Å². The van der Waals surface area contributed by atoms with Crippen molar-refractivity contribution in [3.8, 4) is 0 Å². The van der Waals surface area contributed by atoms with Gasteiger partial charge in [-0.3, -0.25) is 0 Å². The summed E-state index contributed by atoms with van der Waals surface area (Å²) in [5.74, 6) is 0.630. The molecule has 2 aromatic rings. The van der Waals surface area contributed by atoms with Crippen LogP contribution in [0.4, 0.5) is 0 Å². The predicted molar refractivity (Wildman–Crippen MR) is 71.8 cm³/mol. The zero-order valence-corrected chi connectivity index (χ0v) is 10.8. The lowest BCUT2D eigenvalue weighted by Gasteiger charge is -2.40. The Morgan fingerprint density at radius 3 is 2.37 bits per heavy atom. The predicted octanol–water partition coefficient (Wildman–Crippen LogP) is 3.06. The standard InChI is InChI=1S/C16H18O3/c17-15(14-7-4-10-19-14)16(8-11-18-12-9-16)13-5-2-1-3-6-13/h1-7,10,15,17H,8-9,11-12H2. The van der Waals surface area contributed by atoms with Crippen LogP contribution in [0.2, 0.25) is 0 Å². The van der Waals surface area contributed by atoms with Gasteiger partial charge in [-0.05, 0) is 30.5 Å². The molecule has 1 aliphatic rings. The largest absolute Gasteiger partial charge is 0.467 e. The number of aliphatic hydroxyl groups is 1. The molecular formula is C16H18O3. The molecule has 0 saturated carbocycles. The number of rotatable bonds is 3. The molecule has 0 aliphatic carbocycles.